The summed E-state index contributed by atoms with van der Waals surface area (Å²) in [6, 6.07) is 2.22. The molecule has 2 heterocycles. The van der Waals surface area contributed by atoms with Crippen LogP contribution in [0.2, 0.25) is 18.1 Å². The molecule has 0 bridgehead atoms. The number of nitrogens with zero attached hydrogens (tertiary/aromatic N) is 2. The van der Waals surface area contributed by atoms with Gasteiger partial charge in [0.15, 0.2) is 8.32 Å². The Kier molecular flexibility index (Phi) is 7.61. The third kappa shape index (κ3) is 5.70. The number of hydrogen-bond acceptors (Lipinski definition) is 4. The molecule has 1 unspecified atom stereocenters. The van der Waals surface area contributed by atoms with E-state index < -0.39 is 26.3 Å². The summed E-state index contributed by atoms with van der Waals surface area (Å²) in [5.74, 6) is 0.0193. The van der Waals surface area contributed by atoms with Gasteiger partial charge in [-0.15, -0.1) is 0 Å². The third-order valence-electron chi connectivity index (χ3n) is 7.81. The smallest absolute Gasteiger partial charge is 0.410 e. The van der Waals surface area contributed by atoms with Crippen LogP contribution in [0.25, 0.3) is 0 Å². The minimum Gasteiger partial charge on any atom is -0.410 e. The SMILES string of the molecule is Cc1c2c(nc(C(C)C)c1[C@@H](O)c1ccc(C(F)(F)F)nc1)CC(C)(C)CC2O[Si](C)(C)C(C)(C)C. The lowest BCUT2D eigenvalue weighted by atomic mass is 9.72. The second kappa shape index (κ2) is 9.51. The van der Waals surface area contributed by atoms with Gasteiger partial charge in [0.05, 0.1) is 6.10 Å². The molecule has 3 rings (SSSR count). The number of hydrogen-bond donors (Lipinski definition) is 1. The summed E-state index contributed by atoms with van der Waals surface area (Å²) >= 11 is 0. The lowest BCUT2D eigenvalue weighted by Crippen LogP contribution is -2.44. The molecule has 0 spiro atoms. The maximum atomic E-state index is 13.0. The molecule has 0 saturated carbocycles. The zero-order valence-corrected chi connectivity index (χ0v) is 24.3. The Balaban J connectivity index is 2.18. The van der Waals surface area contributed by atoms with E-state index in [4.69, 9.17) is 9.41 Å². The molecule has 0 fully saturated rings. The van der Waals surface area contributed by atoms with Crippen molar-refractivity contribution in [1.29, 1.82) is 0 Å². The molecule has 1 aliphatic rings. The van der Waals surface area contributed by atoms with E-state index in [0.717, 1.165) is 47.6 Å². The normalized spacial score (nSPS) is 19.4. The summed E-state index contributed by atoms with van der Waals surface area (Å²) < 4.78 is 46.1. The Morgan fingerprint density at radius 1 is 1.14 bits per heavy atom. The van der Waals surface area contributed by atoms with Crippen LogP contribution in [0.15, 0.2) is 18.3 Å². The van der Waals surface area contributed by atoms with Gasteiger partial charge < -0.3 is 9.53 Å². The van der Waals surface area contributed by atoms with Crippen molar-refractivity contribution in [2.24, 2.45) is 5.41 Å². The fourth-order valence-corrected chi connectivity index (χ4v) is 6.10. The van der Waals surface area contributed by atoms with Crippen LogP contribution < -0.4 is 0 Å². The van der Waals surface area contributed by atoms with Gasteiger partial charge in [-0.05, 0) is 60.9 Å². The summed E-state index contributed by atoms with van der Waals surface area (Å²) in [5, 5.41) is 11.5. The van der Waals surface area contributed by atoms with E-state index in [9.17, 15) is 18.3 Å². The summed E-state index contributed by atoms with van der Waals surface area (Å²) in [5.41, 5.74) is 3.69. The van der Waals surface area contributed by atoms with Crippen LogP contribution in [0, 0.1) is 12.3 Å². The topological polar surface area (TPSA) is 55.2 Å². The van der Waals surface area contributed by atoms with E-state index in [0.29, 0.717) is 11.1 Å². The van der Waals surface area contributed by atoms with E-state index in [-0.39, 0.29) is 22.5 Å². The van der Waals surface area contributed by atoms with Crippen LogP contribution in [0.1, 0.15) is 112 Å². The first kappa shape index (κ1) is 28.8. The highest BCUT2D eigenvalue weighted by Crippen LogP contribution is 2.49. The average molecular weight is 523 g/mol. The van der Waals surface area contributed by atoms with Gasteiger partial charge >= 0.3 is 6.18 Å². The van der Waals surface area contributed by atoms with Crippen molar-refractivity contribution in [1.82, 2.24) is 9.97 Å². The van der Waals surface area contributed by atoms with Crippen LogP contribution >= 0.6 is 0 Å². The molecule has 8 heteroatoms. The highest BCUT2D eigenvalue weighted by atomic mass is 28.4. The van der Waals surface area contributed by atoms with E-state index in [1.807, 2.05) is 20.8 Å². The molecule has 1 aliphatic carbocycles. The average Bonchev–Trinajstić information content (AvgIpc) is 2.70. The van der Waals surface area contributed by atoms with Crippen LogP contribution in [0.3, 0.4) is 0 Å². The first-order valence-electron chi connectivity index (χ1n) is 12.7. The van der Waals surface area contributed by atoms with E-state index >= 15 is 0 Å². The maximum Gasteiger partial charge on any atom is 0.433 e. The van der Waals surface area contributed by atoms with Gasteiger partial charge in [-0.3, -0.25) is 9.97 Å². The van der Waals surface area contributed by atoms with E-state index in [1.54, 1.807) is 0 Å². The number of alkyl halides is 3. The second-order valence-electron chi connectivity index (χ2n) is 12.8. The minimum absolute atomic E-state index is 0.00516. The highest BCUT2D eigenvalue weighted by Gasteiger charge is 2.44. The molecule has 0 saturated heterocycles. The number of halogens is 3. The first-order valence-corrected chi connectivity index (χ1v) is 15.6. The van der Waals surface area contributed by atoms with Gasteiger partial charge in [0.2, 0.25) is 0 Å². The Morgan fingerprint density at radius 2 is 1.75 bits per heavy atom. The monoisotopic (exact) mass is 522 g/mol. The van der Waals surface area contributed by atoms with Gasteiger partial charge in [0, 0.05) is 34.3 Å². The lowest BCUT2D eigenvalue weighted by molar-refractivity contribution is -0.141. The van der Waals surface area contributed by atoms with Crippen molar-refractivity contribution in [2.75, 3.05) is 0 Å². The Bertz CT molecular complexity index is 1100. The van der Waals surface area contributed by atoms with Crippen molar-refractivity contribution in [2.45, 2.75) is 111 Å². The molecule has 0 aliphatic heterocycles. The molecular weight excluding hydrogens is 481 g/mol. The zero-order chi connectivity index (χ0) is 27.4. The molecule has 200 valence electrons. The van der Waals surface area contributed by atoms with Gasteiger partial charge in [-0.1, -0.05) is 54.5 Å². The minimum atomic E-state index is -4.53. The molecule has 2 atom stereocenters. The summed E-state index contributed by atoms with van der Waals surface area (Å²) in [7, 11) is -2.12. The van der Waals surface area contributed by atoms with E-state index in [1.165, 1.54) is 6.07 Å². The van der Waals surface area contributed by atoms with Crippen LogP contribution in [0.4, 0.5) is 13.2 Å². The number of aromatic nitrogens is 2. The Hall–Kier alpha value is -1.77. The summed E-state index contributed by atoms with van der Waals surface area (Å²) in [4.78, 5) is 8.66. The predicted octanol–water partition coefficient (Wildman–Crippen LogP) is 8.04. The molecule has 2 aromatic heterocycles. The quantitative estimate of drug-likeness (QED) is 0.404. The number of fused-ring (bicyclic) bond motifs is 1. The predicted molar refractivity (Wildman–Crippen MR) is 139 cm³/mol. The van der Waals surface area contributed by atoms with Crippen molar-refractivity contribution >= 4 is 8.32 Å². The highest BCUT2D eigenvalue weighted by molar-refractivity contribution is 6.74. The van der Waals surface area contributed by atoms with Gasteiger partial charge in [-0.25, -0.2) is 0 Å². The fraction of sp³-hybridized carbons (Fsp3) is 0.643. The first-order chi connectivity index (χ1) is 16.2. The number of rotatable bonds is 5. The largest absolute Gasteiger partial charge is 0.433 e. The van der Waals surface area contributed by atoms with E-state index in [2.05, 4.69) is 52.7 Å². The molecule has 0 aromatic carbocycles. The lowest BCUT2D eigenvalue weighted by Gasteiger charge is -2.45. The zero-order valence-electron chi connectivity index (χ0n) is 23.3. The second-order valence-corrected chi connectivity index (χ2v) is 17.6. The molecule has 1 N–H and O–H groups in total. The maximum absolute atomic E-state index is 13.0. The van der Waals surface area contributed by atoms with Crippen molar-refractivity contribution in [3.63, 3.8) is 0 Å². The van der Waals surface area contributed by atoms with Crippen LogP contribution in [-0.4, -0.2) is 23.4 Å². The van der Waals surface area contributed by atoms with Crippen LogP contribution in [0.5, 0.6) is 0 Å². The van der Waals surface area contributed by atoms with Gasteiger partial charge in [-0.2, -0.15) is 13.2 Å². The number of aliphatic hydroxyl groups excluding tert-OH is 1. The Morgan fingerprint density at radius 3 is 2.22 bits per heavy atom. The fourth-order valence-electron chi connectivity index (χ4n) is 4.83. The van der Waals surface area contributed by atoms with Crippen molar-refractivity contribution in [3.8, 4) is 0 Å². The molecule has 4 nitrogen and oxygen atoms in total. The molecule has 0 amide bonds. The Labute approximate surface area is 214 Å². The number of aliphatic hydroxyl groups is 1. The summed E-state index contributed by atoms with van der Waals surface area (Å²) in [6.45, 7) is 21.6. The molecule has 0 radical (unpaired) electrons. The summed E-state index contributed by atoms with van der Waals surface area (Å²) in [6.07, 6.45) is -3.07. The molecule has 36 heavy (non-hydrogen) atoms. The van der Waals surface area contributed by atoms with Gasteiger partial charge in [0.1, 0.15) is 11.8 Å². The third-order valence-corrected chi connectivity index (χ3v) is 12.3. The van der Waals surface area contributed by atoms with Crippen molar-refractivity contribution < 1.29 is 22.7 Å². The van der Waals surface area contributed by atoms with Gasteiger partial charge in [0.25, 0.3) is 0 Å². The van der Waals surface area contributed by atoms with Crippen molar-refractivity contribution in [3.05, 3.63) is 57.7 Å². The number of pyridine rings is 2. The van der Waals surface area contributed by atoms with Crippen LogP contribution in [-0.2, 0) is 17.0 Å². The standard InChI is InChI=1S/C28H41F3N2O2Si/c1-16(2)24-23(25(34)18-11-12-21(32-15-18)28(29,30)31)17(3)22-19(33-24)13-27(7,8)14-20(22)35-36(9,10)26(4,5)6/h11-12,15-16,20,25,34H,13-14H2,1-10H3/t20?,25-/m0/s1. The molecular formula is C28H41F3N2O2Si. The molecule has 2 aromatic rings.